The van der Waals surface area contributed by atoms with Gasteiger partial charge in [0.05, 0.1) is 12.6 Å². The van der Waals surface area contributed by atoms with E-state index < -0.39 is 0 Å². The van der Waals surface area contributed by atoms with Crippen molar-refractivity contribution in [2.75, 3.05) is 13.2 Å². The van der Waals surface area contributed by atoms with E-state index in [4.69, 9.17) is 0 Å². The van der Waals surface area contributed by atoms with Gasteiger partial charge in [-0.3, -0.25) is 0 Å². The number of hydrogen-bond acceptors (Lipinski definition) is 3. The van der Waals surface area contributed by atoms with Crippen LogP contribution in [0.25, 0.3) is 0 Å². The van der Waals surface area contributed by atoms with Gasteiger partial charge in [0.2, 0.25) is 0 Å². The molecule has 3 N–H and O–H groups in total. The average Bonchev–Trinajstić information content (AvgIpc) is 2.95. The van der Waals surface area contributed by atoms with Crippen molar-refractivity contribution >= 4 is 6.03 Å². The molecule has 2 rings (SSSR count). The summed E-state index contributed by atoms with van der Waals surface area (Å²) in [6.07, 6.45) is 3.53. The van der Waals surface area contributed by atoms with Crippen molar-refractivity contribution in [1.82, 2.24) is 10.2 Å². The predicted octanol–water partition coefficient (Wildman–Crippen LogP) is 1.88. The Morgan fingerprint density at radius 2 is 2.14 bits per heavy atom. The number of amides is 2. The van der Waals surface area contributed by atoms with Gasteiger partial charge in [-0.1, -0.05) is 12.1 Å². The van der Waals surface area contributed by atoms with Gasteiger partial charge >= 0.3 is 6.03 Å². The van der Waals surface area contributed by atoms with Gasteiger partial charge in [0.15, 0.2) is 0 Å². The van der Waals surface area contributed by atoms with Crippen LogP contribution >= 0.6 is 0 Å². The van der Waals surface area contributed by atoms with Gasteiger partial charge in [-0.25, -0.2) is 4.79 Å². The molecule has 0 radical (unpaired) electrons. The van der Waals surface area contributed by atoms with Crippen LogP contribution in [0.4, 0.5) is 4.79 Å². The number of aliphatic hydroxyl groups excluding tert-OH is 1. The van der Waals surface area contributed by atoms with E-state index >= 15 is 0 Å². The van der Waals surface area contributed by atoms with Crippen LogP contribution in [0.15, 0.2) is 24.3 Å². The maximum Gasteiger partial charge on any atom is 0.317 e. The molecule has 1 heterocycles. The van der Waals surface area contributed by atoms with Gasteiger partial charge < -0.3 is 20.4 Å². The Morgan fingerprint density at radius 1 is 1.43 bits per heavy atom. The average molecular weight is 292 g/mol. The first-order chi connectivity index (χ1) is 10.1. The minimum absolute atomic E-state index is 0.0331. The number of rotatable bonds is 5. The van der Waals surface area contributed by atoms with E-state index in [0.717, 1.165) is 37.8 Å². The number of nitrogens with one attached hydrogen (secondary N) is 1. The number of benzene rings is 1. The number of hydrogen-bond donors (Lipinski definition) is 3. The zero-order valence-corrected chi connectivity index (χ0v) is 12.5. The van der Waals surface area contributed by atoms with E-state index in [1.165, 1.54) is 0 Å². The van der Waals surface area contributed by atoms with E-state index in [9.17, 15) is 15.0 Å². The lowest BCUT2D eigenvalue weighted by atomic mass is 10.1. The number of aryl methyl sites for hydroxylation is 1. The minimum Gasteiger partial charge on any atom is -0.508 e. The maximum absolute atomic E-state index is 12.2. The Morgan fingerprint density at radius 3 is 2.81 bits per heavy atom. The van der Waals surface area contributed by atoms with E-state index in [2.05, 4.69) is 5.32 Å². The molecule has 1 unspecified atom stereocenters. The highest BCUT2D eigenvalue weighted by molar-refractivity contribution is 5.75. The van der Waals surface area contributed by atoms with Crippen LogP contribution in [0, 0.1) is 0 Å². The van der Waals surface area contributed by atoms with Crippen molar-refractivity contribution in [2.45, 2.75) is 44.7 Å². The van der Waals surface area contributed by atoms with Crippen LogP contribution in [-0.2, 0) is 6.42 Å². The molecular weight excluding hydrogens is 268 g/mol. The molecule has 2 atom stereocenters. The number of aliphatic hydroxyl groups is 1. The molecule has 1 aliphatic rings. The summed E-state index contributed by atoms with van der Waals surface area (Å²) in [5.74, 6) is 0.268. The highest BCUT2D eigenvalue weighted by Gasteiger charge is 2.28. The summed E-state index contributed by atoms with van der Waals surface area (Å²) in [6.45, 7) is 2.75. The van der Waals surface area contributed by atoms with Crippen molar-refractivity contribution in [3.63, 3.8) is 0 Å². The van der Waals surface area contributed by atoms with Gasteiger partial charge in [0, 0.05) is 12.6 Å². The lowest BCUT2D eigenvalue weighted by Gasteiger charge is -2.25. The molecule has 1 fully saturated rings. The van der Waals surface area contributed by atoms with E-state index in [0.29, 0.717) is 0 Å². The van der Waals surface area contributed by atoms with Crippen molar-refractivity contribution in [3.8, 4) is 5.75 Å². The summed E-state index contributed by atoms with van der Waals surface area (Å²) in [4.78, 5) is 13.9. The summed E-state index contributed by atoms with van der Waals surface area (Å²) >= 11 is 0. The van der Waals surface area contributed by atoms with Crippen molar-refractivity contribution < 1.29 is 15.0 Å². The normalized spacial score (nSPS) is 19.5. The first kappa shape index (κ1) is 15.6. The second-order valence-corrected chi connectivity index (χ2v) is 5.73. The van der Waals surface area contributed by atoms with Crippen LogP contribution in [0.5, 0.6) is 5.75 Å². The third-order valence-electron chi connectivity index (χ3n) is 4.02. The molecule has 0 aromatic heterocycles. The second kappa shape index (κ2) is 7.31. The van der Waals surface area contributed by atoms with Crippen LogP contribution in [0.3, 0.4) is 0 Å². The number of urea groups is 1. The number of nitrogens with zero attached hydrogens (tertiary/aromatic N) is 1. The monoisotopic (exact) mass is 292 g/mol. The molecule has 1 aromatic carbocycles. The van der Waals surface area contributed by atoms with Crippen LogP contribution in [0.1, 0.15) is 31.7 Å². The molecule has 21 heavy (non-hydrogen) atoms. The number of carbonyl (C=O) groups is 1. The quantitative estimate of drug-likeness (QED) is 0.776. The Balaban J connectivity index is 1.77. The third-order valence-corrected chi connectivity index (χ3v) is 4.02. The Labute approximate surface area is 125 Å². The van der Waals surface area contributed by atoms with Crippen LogP contribution in [0.2, 0.25) is 0 Å². The maximum atomic E-state index is 12.2. The van der Waals surface area contributed by atoms with Crippen molar-refractivity contribution in [2.24, 2.45) is 0 Å². The predicted molar refractivity (Wildman–Crippen MR) is 81.2 cm³/mol. The molecule has 1 aromatic rings. The fraction of sp³-hybridized carbons (Fsp3) is 0.562. The minimum atomic E-state index is -0.0789. The molecule has 5 nitrogen and oxygen atoms in total. The summed E-state index contributed by atoms with van der Waals surface area (Å²) < 4.78 is 0. The second-order valence-electron chi connectivity index (χ2n) is 5.73. The first-order valence-electron chi connectivity index (χ1n) is 7.56. The SMILES string of the molecule is CC(CCc1ccc(O)cc1)NC(=O)N1CCC[C@H]1CO. The summed E-state index contributed by atoms with van der Waals surface area (Å²) in [7, 11) is 0. The van der Waals surface area contributed by atoms with E-state index in [1.807, 2.05) is 19.1 Å². The zero-order chi connectivity index (χ0) is 15.2. The van der Waals surface area contributed by atoms with Crippen molar-refractivity contribution in [1.29, 1.82) is 0 Å². The van der Waals surface area contributed by atoms with Crippen LogP contribution < -0.4 is 5.32 Å². The highest BCUT2D eigenvalue weighted by Crippen LogP contribution is 2.17. The van der Waals surface area contributed by atoms with Gasteiger partial charge in [0.25, 0.3) is 0 Å². The zero-order valence-electron chi connectivity index (χ0n) is 12.5. The molecule has 116 valence electrons. The molecule has 1 aliphatic heterocycles. The lowest BCUT2D eigenvalue weighted by molar-refractivity contribution is 0.155. The van der Waals surface area contributed by atoms with Gasteiger partial charge in [-0.2, -0.15) is 0 Å². The molecule has 0 saturated carbocycles. The van der Waals surface area contributed by atoms with Crippen molar-refractivity contribution in [3.05, 3.63) is 29.8 Å². The summed E-state index contributed by atoms with van der Waals surface area (Å²) in [5, 5.41) is 21.5. The number of phenols is 1. The fourth-order valence-electron chi connectivity index (χ4n) is 2.70. The molecule has 0 bridgehead atoms. The first-order valence-corrected chi connectivity index (χ1v) is 7.56. The molecule has 0 aliphatic carbocycles. The number of phenolic OH excluding ortho intramolecular Hbond substituents is 1. The fourth-order valence-corrected chi connectivity index (χ4v) is 2.70. The molecule has 0 spiro atoms. The Bertz CT molecular complexity index is 461. The highest BCUT2D eigenvalue weighted by atomic mass is 16.3. The molecule has 2 amide bonds. The van der Waals surface area contributed by atoms with Gasteiger partial charge in [-0.15, -0.1) is 0 Å². The summed E-state index contributed by atoms with van der Waals surface area (Å²) in [5.41, 5.74) is 1.14. The molecular formula is C16H24N2O3. The Kier molecular flexibility index (Phi) is 5.44. The molecule has 5 heteroatoms. The molecule has 1 saturated heterocycles. The number of likely N-dealkylation sites (tertiary alicyclic amines) is 1. The largest absolute Gasteiger partial charge is 0.508 e. The smallest absolute Gasteiger partial charge is 0.317 e. The van der Waals surface area contributed by atoms with E-state index in [-0.39, 0.29) is 30.5 Å². The summed E-state index contributed by atoms with van der Waals surface area (Å²) in [6, 6.07) is 7.10. The standard InChI is InChI=1S/C16H24N2O3/c1-12(4-5-13-6-8-15(20)9-7-13)17-16(21)18-10-2-3-14(18)11-19/h6-9,12,14,19-20H,2-5,10-11H2,1H3,(H,17,21)/t12?,14-/m0/s1. The third kappa shape index (κ3) is 4.36. The Hall–Kier alpha value is -1.75. The number of aromatic hydroxyl groups is 1. The van der Waals surface area contributed by atoms with Crippen LogP contribution in [-0.4, -0.2) is 46.4 Å². The van der Waals surface area contributed by atoms with Gasteiger partial charge in [0.1, 0.15) is 5.75 Å². The topological polar surface area (TPSA) is 72.8 Å². The van der Waals surface area contributed by atoms with E-state index in [1.54, 1.807) is 17.0 Å². The van der Waals surface area contributed by atoms with Gasteiger partial charge in [-0.05, 0) is 50.3 Å². The lowest BCUT2D eigenvalue weighted by Crippen LogP contribution is -2.47. The number of carbonyl (C=O) groups excluding carboxylic acids is 1.